The maximum absolute atomic E-state index is 5.08. The summed E-state index contributed by atoms with van der Waals surface area (Å²) in [5.41, 5.74) is 4.20. The summed E-state index contributed by atoms with van der Waals surface area (Å²) in [4.78, 5) is 13.3. The Morgan fingerprint density at radius 3 is 3.07 bits per heavy atom. The standard InChI is InChI=1S/C17H16N10O/c1-28-6-5-26-9-11(7-20-26)13-8-19-16-17(21-13)27(25-24-16)10-14-12-3-2-4-18-15(12)23-22-14/h2-4,7-9H,5-6,10H2,1H3,(H,18,22,23). The molecular weight excluding hydrogens is 360 g/mol. The number of ether oxygens (including phenoxy) is 1. The Bertz CT molecular complexity index is 1250. The molecule has 1 N–H and O–H groups in total. The maximum atomic E-state index is 5.08. The fourth-order valence-electron chi connectivity index (χ4n) is 2.98. The van der Waals surface area contributed by atoms with Gasteiger partial charge in [0, 0.05) is 30.5 Å². The molecule has 11 nitrogen and oxygen atoms in total. The quantitative estimate of drug-likeness (QED) is 0.466. The number of rotatable bonds is 6. The number of pyridine rings is 1. The summed E-state index contributed by atoms with van der Waals surface area (Å²) in [5.74, 6) is 0. The molecule has 0 saturated heterocycles. The van der Waals surface area contributed by atoms with Crippen LogP contribution in [-0.4, -0.2) is 63.6 Å². The molecule has 0 aliphatic heterocycles. The molecule has 0 aliphatic carbocycles. The normalized spacial score (nSPS) is 11.6. The molecule has 5 aromatic heterocycles. The van der Waals surface area contributed by atoms with Crippen LogP contribution < -0.4 is 0 Å². The molecule has 5 rings (SSSR count). The number of nitrogens with zero attached hydrogens (tertiary/aromatic N) is 9. The van der Waals surface area contributed by atoms with Gasteiger partial charge in [-0.05, 0) is 12.1 Å². The Morgan fingerprint density at radius 2 is 2.14 bits per heavy atom. The number of fused-ring (bicyclic) bond motifs is 2. The first kappa shape index (κ1) is 16.4. The van der Waals surface area contributed by atoms with E-state index >= 15 is 0 Å². The van der Waals surface area contributed by atoms with E-state index in [4.69, 9.17) is 9.72 Å². The van der Waals surface area contributed by atoms with Crippen LogP contribution in [0.1, 0.15) is 5.69 Å². The summed E-state index contributed by atoms with van der Waals surface area (Å²) in [6.07, 6.45) is 7.06. The maximum Gasteiger partial charge on any atom is 0.221 e. The molecule has 0 fully saturated rings. The molecule has 11 heteroatoms. The van der Waals surface area contributed by atoms with Crippen LogP contribution in [0.4, 0.5) is 0 Å². The van der Waals surface area contributed by atoms with Crippen molar-refractivity contribution < 1.29 is 4.74 Å². The Hall–Kier alpha value is -3.73. The highest BCUT2D eigenvalue weighted by Gasteiger charge is 2.14. The van der Waals surface area contributed by atoms with E-state index in [1.54, 1.807) is 30.4 Å². The van der Waals surface area contributed by atoms with E-state index in [2.05, 4.69) is 35.6 Å². The van der Waals surface area contributed by atoms with E-state index in [0.717, 1.165) is 16.6 Å². The number of methoxy groups -OCH3 is 1. The van der Waals surface area contributed by atoms with Crippen molar-refractivity contribution in [2.24, 2.45) is 0 Å². The summed E-state index contributed by atoms with van der Waals surface area (Å²) in [5, 5.41) is 20.8. The van der Waals surface area contributed by atoms with Crippen LogP contribution in [-0.2, 0) is 17.8 Å². The minimum Gasteiger partial charge on any atom is -0.383 e. The second kappa shape index (κ2) is 6.78. The van der Waals surface area contributed by atoms with Crippen molar-refractivity contribution in [3.05, 3.63) is 42.6 Å². The third-order valence-electron chi connectivity index (χ3n) is 4.40. The van der Waals surface area contributed by atoms with Gasteiger partial charge in [0.1, 0.15) is 0 Å². The highest BCUT2D eigenvalue weighted by molar-refractivity contribution is 5.77. The highest BCUT2D eigenvalue weighted by Crippen LogP contribution is 2.19. The van der Waals surface area contributed by atoms with Gasteiger partial charge in [-0.25, -0.2) is 19.6 Å². The molecule has 28 heavy (non-hydrogen) atoms. The molecule has 0 aromatic carbocycles. The van der Waals surface area contributed by atoms with Crippen LogP contribution in [0.5, 0.6) is 0 Å². The molecule has 5 heterocycles. The smallest absolute Gasteiger partial charge is 0.221 e. The van der Waals surface area contributed by atoms with Crippen molar-refractivity contribution in [2.45, 2.75) is 13.1 Å². The SMILES string of the molecule is COCCn1cc(-c2cnc3nnn(Cc4[nH]nc5ncccc45)c3n2)cn1. The van der Waals surface area contributed by atoms with E-state index in [1.807, 2.05) is 23.0 Å². The lowest BCUT2D eigenvalue weighted by Gasteiger charge is -2.01. The predicted molar refractivity (Wildman–Crippen MR) is 99.2 cm³/mol. The lowest BCUT2D eigenvalue weighted by molar-refractivity contribution is 0.183. The van der Waals surface area contributed by atoms with E-state index in [1.165, 1.54) is 0 Å². The monoisotopic (exact) mass is 376 g/mol. The van der Waals surface area contributed by atoms with E-state index < -0.39 is 0 Å². The second-order valence-electron chi connectivity index (χ2n) is 6.21. The number of aromatic amines is 1. The number of H-pyrrole nitrogens is 1. The van der Waals surface area contributed by atoms with Crippen LogP contribution in [0.15, 0.2) is 36.9 Å². The van der Waals surface area contributed by atoms with Crippen molar-refractivity contribution in [1.82, 2.24) is 49.9 Å². The van der Waals surface area contributed by atoms with Gasteiger partial charge >= 0.3 is 0 Å². The Morgan fingerprint density at radius 1 is 1.18 bits per heavy atom. The molecule has 0 spiro atoms. The van der Waals surface area contributed by atoms with Crippen molar-refractivity contribution >= 4 is 22.3 Å². The number of nitrogens with one attached hydrogen (secondary N) is 1. The third kappa shape index (κ3) is 2.87. The van der Waals surface area contributed by atoms with Gasteiger partial charge in [0.25, 0.3) is 0 Å². The Kier molecular flexibility index (Phi) is 3.98. The molecule has 0 radical (unpaired) electrons. The van der Waals surface area contributed by atoms with E-state index in [-0.39, 0.29) is 0 Å². The van der Waals surface area contributed by atoms with Gasteiger partial charge in [0.2, 0.25) is 5.65 Å². The number of hydrogen-bond donors (Lipinski definition) is 1. The van der Waals surface area contributed by atoms with Gasteiger partial charge < -0.3 is 4.74 Å². The molecule has 0 amide bonds. The van der Waals surface area contributed by atoms with Crippen LogP contribution in [0.25, 0.3) is 33.6 Å². The zero-order valence-corrected chi connectivity index (χ0v) is 15.0. The van der Waals surface area contributed by atoms with Gasteiger partial charge in [-0.2, -0.15) is 10.2 Å². The zero-order chi connectivity index (χ0) is 18.9. The Balaban J connectivity index is 1.49. The Labute approximate surface area is 158 Å². The van der Waals surface area contributed by atoms with Crippen molar-refractivity contribution in [1.29, 1.82) is 0 Å². The van der Waals surface area contributed by atoms with Crippen LogP contribution >= 0.6 is 0 Å². The summed E-state index contributed by atoms with van der Waals surface area (Å²) in [6, 6.07) is 3.84. The average molecular weight is 376 g/mol. The third-order valence-corrected chi connectivity index (χ3v) is 4.40. The molecule has 0 aliphatic rings. The second-order valence-corrected chi connectivity index (χ2v) is 6.21. The first-order valence-electron chi connectivity index (χ1n) is 8.68. The van der Waals surface area contributed by atoms with Crippen molar-refractivity contribution in [3.63, 3.8) is 0 Å². The first-order valence-corrected chi connectivity index (χ1v) is 8.68. The molecule has 140 valence electrons. The zero-order valence-electron chi connectivity index (χ0n) is 15.0. The minimum atomic E-state index is 0.434. The van der Waals surface area contributed by atoms with Crippen molar-refractivity contribution in [3.8, 4) is 11.3 Å². The number of hydrogen-bond acceptors (Lipinski definition) is 8. The first-order chi connectivity index (χ1) is 13.8. The summed E-state index contributed by atoms with van der Waals surface area (Å²) < 4.78 is 8.59. The van der Waals surface area contributed by atoms with E-state index in [9.17, 15) is 0 Å². The lowest BCUT2D eigenvalue weighted by atomic mass is 10.2. The summed E-state index contributed by atoms with van der Waals surface area (Å²) in [6.45, 7) is 1.70. The van der Waals surface area contributed by atoms with Gasteiger partial charge in [-0.3, -0.25) is 9.78 Å². The van der Waals surface area contributed by atoms with Gasteiger partial charge in [-0.1, -0.05) is 5.21 Å². The van der Waals surface area contributed by atoms with Crippen LogP contribution in [0, 0.1) is 0 Å². The largest absolute Gasteiger partial charge is 0.383 e. The summed E-state index contributed by atoms with van der Waals surface area (Å²) >= 11 is 0. The van der Waals surface area contributed by atoms with Crippen molar-refractivity contribution in [2.75, 3.05) is 13.7 Å². The average Bonchev–Trinajstić information content (AvgIpc) is 3.46. The van der Waals surface area contributed by atoms with Gasteiger partial charge in [0.05, 0.1) is 43.5 Å². The topological polar surface area (TPSA) is 125 Å². The fourth-order valence-corrected chi connectivity index (χ4v) is 2.98. The summed E-state index contributed by atoms with van der Waals surface area (Å²) in [7, 11) is 1.66. The predicted octanol–water partition coefficient (Wildman–Crippen LogP) is 1.05. The number of aromatic nitrogens is 10. The molecular formula is C17H16N10O. The highest BCUT2D eigenvalue weighted by atomic mass is 16.5. The molecule has 0 saturated carbocycles. The van der Waals surface area contributed by atoms with Gasteiger partial charge in [0.15, 0.2) is 11.3 Å². The molecule has 0 unspecified atom stereocenters. The molecule has 0 bridgehead atoms. The molecule has 5 aromatic rings. The van der Waals surface area contributed by atoms with Gasteiger partial charge in [-0.15, -0.1) is 5.10 Å². The lowest BCUT2D eigenvalue weighted by Crippen LogP contribution is -2.04. The van der Waals surface area contributed by atoms with Crippen LogP contribution in [0.2, 0.25) is 0 Å². The van der Waals surface area contributed by atoms with Crippen LogP contribution in [0.3, 0.4) is 0 Å². The fraction of sp³-hybridized carbons (Fsp3) is 0.235. The van der Waals surface area contributed by atoms with E-state index in [0.29, 0.717) is 42.3 Å². The minimum absolute atomic E-state index is 0.434. The molecule has 0 atom stereocenters.